The highest BCUT2D eigenvalue weighted by atomic mass is 35.5. The Kier molecular flexibility index (Phi) is 4.95. The van der Waals surface area contributed by atoms with Crippen molar-refractivity contribution in [3.05, 3.63) is 59.9 Å². The molecule has 1 amide bonds. The molecule has 0 aliphatic heterocycles. The molecule has 0 bridgehead atoms. The second-order valence-electron chi connectivity index (χ2n) is 5.31. The van der Waals surface area contributed by atoms with Crippen molar-refractivity contribution in [2.45, 2.75) is 20.0 Å². The molecule has 7 nitrogen and oxygen atoms in total. The van der Waals surface area contributed by atoms with E-state index in [4.69, 9.17) is 16.3 Å². The zero-order chi connectivity index (χ0) is 17.8. The summed E-state index contributed by atoms with van der Waals surface area (Å²) in [5.74, 6) is 1.97. The molecule has 8 heteroatoms. The van der Waals surface area contributed by atoms with Gasteiger partial charge in [0.25, 0.3) is 5.91 Å². The van der Waals surface area contributed by atoms with E-state index in [1.165, 1.54) is 6.33 Å². The number of imidazole rings is 1. The van der Waals surface area contributed by atoms with E-state index in [1.54, 1.807) is 54.2 Å². The monoisotopic (exact) mass is 357 g/mol. The summed E-state index contributed by atoms with van der Waals surface area (Å²) in [5, 5.41) is 3.26. The Balaban J connectivity index is 1.69. The summed E-state index contributed by atoms with van der Waals surface area (Å²) in [5.41, 5.74) is 0. The molecule has 2 aromatic heterocycles. The van der Waals surface area contributed by atoms with Crippen molar-refractivity contribution in [3.8, 4) is 11.6 Å². The van der Waals surface area contributed by atoms with Crippen molar-refractivity contribution in [2.24, 2.45) is 0 Å². The molecule has 1 atom stereocenters. The van der Waals surface area contributed by atoms with Crippen LogP contribution in [0.4, 0.5) is 5.82 Å². The molecule has 3 aromatic rings. The number of aryl methyl sites for hydroxylation is 1. The van der Waals surface area contributed by atoms with Gasteiger partial charge in [0.05, 0.1) is 0 Å². The number of amides is 1. The maximum Gasteiger partial charge on any atom is 0.266 e. The fraction of sp³-hybridized carbons (Fsp3) is 0.176. The highest BCUT2D eigenvalue weighted by Gasteiger charge is 2.16. The normalized spacial score (nSPS) is 11.8. The second kappa shape index (κ2) is 7.31. The molecule has 1 N–H and O–H groups in total. The Bertz CT molecular complexity index is 896. The average molecular weight is 358 g/mol. The van der Waals surface area contributed by atoms with Gasteiger partial charge in [0.1, 0.15) is 29.5 Å². The molecule has 0 fully saturated rings. The van der Waals surface area contributed by atoms with Crippen LogP contribution in [0.2, 0.25) is 5.02 Å². The van der Waals surface area contributed by atoms with Gasteiger partial charge < -0.3 is 10.1 Å². The first kappa shape index (κ1) is 16.9. The number of nitrogens with zero attached hydrogens (tertiary/aromatic N) is 4. The molecular formula is C17H16ClN5O2. The molecule has 0 radical (unpaired) electrons. The van der Waals surface area contributed by atoms with Gasteiger partial charge in [0.15, 0.2) is 6.10 Å². The van der Waals surface area contributed by atoms with Crippen LogP contribution in [-0.4, -0.2) is 31.5 Å². The lowest BCUT2D eigenvalue weighted by atomic mass is 10.3. The lowest BCUT2D eigenvalue weighted by Crippen LogP contribution is -2.30. The van der Waals surface area contributed by atoms with Crippen LogP contribution >= 0.6 is 11.6 Å². The largest absolute Gasteiger partial charge is 0.481 e. The molecule has 0 spiro atoms. The summed E-state index contributed by atoms with van der Waals surface area (Å²) in [6.07, 6.45) is 4.13. The predicted octanol–water partition coefficient (Wildman–Crippen LogP) is 3.03. The molecule has 0 saturated heterocycles. The summed E-state index contributed by atoms with van der Waals surface area (Å²) < 4.78 is 7.39. The van der Waals surface area contributed by atoms with Gasteiger partial charge in [0.2, 0.25) is 0 Å². The first-order chi connectivity index (χ1) is 12.0. The van der Waals surface area contributed by atoms with Gasteiger partial charge in [-0.25, -0.2) is 15.0 Å². The molecule has 1 unspecified atom stereocenters. The van der Waals surface area contributed by atoms with Crippen molar-refractivity contribution in [1.29, 1.82) is 0 Å². The Morgan fingerprint density at radius 2 is 2.12 bits per heavy atom. The summed E-state index contributed by atoms with van der Waals surface area (Å²) >= 11 is 5.91. The molecule has 2 heterocycles. The van der Waals surface area contributed by atoms with Crippen molar-refractivity contribution in [1.82, 2.24) is 19.5 Å². The minimum atomic E-state index is -0.716. The number of nitrogens with one attached hydrogen (secondary N) is 1. The topological polar surface area (TPSA) is 81.9 Å². The van der Waals surface area contributed by atoms with E-state index >= 15 is 0 Å². The minimum Gasteiger partial charge on any atom is -0.481 e. The number of halogens is 1. The number of carbonyl (C=O) groups is 1. The predicted molar refractivity (Wildman–Crippen MR) is 94.1 cm³/mol. The third kappa shape index (κ3) is 4.13. The summed E-state index contributed by atoms with van der Waals surface area (Å²) in [6.45, 7) is 3.51. The Hall–Kier alpha value is -2.93. The molecule has 25 heavy (non-hydrogen) atoms. The van der Waals surface area contributed by atoms with Crippen LogP contribution in [0.25, 0.3) is 5.82 Å². The second-order valence-corrected chi connectivity index (χ2v) is 5.75. The lowest BCUT2D eigenvalue weighted by Gasteiger charge is -2.15. The maximum atomic E-state index is 12.3. The number of hydrogen-bond donors (Lipinski definition) is 1. The summed E-state index contributed by atoms with van der Waals surface area (Å²) in [6, 6.07) is 8.54. The highest BCUT2D eigenvalue weighted by molar-refractivity contribution is 6.30. The SMILES string of the molecule is Cc1nccn1-c1cc(NC(=O)C(C)Oc2cccc(Cl)c2)ncn1. The Labute approximate surface area is 149 Å². The molecule has 1 aromatic carbocycles. The van der Waals surface area contributed by atoms with E-state index in [9.17, 15) is 4.79 Å². The number of benzene rings is 1. The first-order valence-corrected chi connectivity index (χ1v) is 7.96. The first-order valence-electron chi connectivity index (χ1n) is 7.58. The van der Waals surface area contributed by atoms with E-state index in [-0.39, 0.29) is 5.91 Å². The molecule has 0 aliphatic carbocycles. The van der Waals surface area contributed by atoms with Gasteiger partial charge in [-0.1, -0.05) is 17.7 Å². The quantitative estimate of drug-likeness (QED) is 0.759. The van der Waals surface area contributed by atoms with Crippen LogP contribution in [-0.2, 0) is 4.79 Å². The third-order valence-electron chi connectivity index (χ3n) is 3.45. The van der Waals surface area contributed by atoms with E-state index < -0.39 is 6.10 Å². The van der Waals surface area contributed by atoms with Crippen molar-refractivity contribution in [2.75, 3.05) is 5.32 Å². The van der Waals surface area contributed by atoms with Gasteiger partial charge >= 0.3 is 0 Å². The Morgan fingerprint density at radius 3 is 2.84 bits per heavy atom. The van der Waals surface area contributed by atoms with Crippen LogP contribution in [0.1, 0.15) is 12.7 Å². The van der Waals surface area contributed by atoms with Crippen molar-refractivity contribution in [3.63, 3.8) is 0 Å². The molecule has 128 valence electrons. The van der Waals surface area contributed by atoms with E-state index in [1.807, 2.05) is 6.92 Å². The van der Waals surface area contributed by atoms with Gasteiger partial charge in [-0.3, -0.25) is 9.36 Å². The highest BCUT2D eigenvalue weighted by Crippen LogP contribution is 2.19. The zero-order valence-electron chi connectivity index (χ0n) is 13.7. The summed E-state index contributed by atoms with van der Waals surface area (Å²) in [4.78, 5) is 24.7. The standard InChI is InChI=1S/C17H16ClN5O2/c1-11(25-14-5-3-4-13(18)8-14)17(24)22-15-9-16(21-10-20-15)23-7-6-19-12(23)2/h3-11H,1-2H3,(H,20,21,22,24). The number of hydrogen-bond acceptors (Lipinski definition) is 5. The van der Waals surface area contributed by atoms with E-state index in [0.717, 1.165) is 5.82 Å². The number of anilines is 1. The van der Waals surface area contributed by atoms with E-state index in [2.05, 4.69) is 20.3 Å². The number of aromatic nitrogens is 4. The smallest absolute Gasteiger partial charge is 0.266 e. The van der Waals surface area contributed by atoms with Gasteiger partial charge in [0, 0.05) is 23.5 Å². The number of rotatable bonds is 5. The summed E-state index contributed by atoms with van der Waals surface area (Å²) in [7, 11) is 0. The fourth-order valence-corrected chi connectivity index (χ4v) is 2.37. The van der Waals surface area contributed by atoms with E-state index in [0.29, 0.717) is 22.4 Å². The van der Waals surface area contributed by atoms with Gasteiger partial charge in [-0.2, -0.15) is 0 Å². The van der Waals surface area contributed by atoms with Crippen LogP contribution in [0.15, 0.2) is 49.1 Å². The van der Waals surface area contributed by atoms with Gasteiger partial charge in [-0.05, 0) is 32.0 Å². The van der Waals surface area contributed by atoms with Crippen molar-refractivity contribution < 1.29 is 9.53 Å². The van der Waals surface area contributed by atoms with Crippen LogP contribution in [0.3, 0.4) is 0 Å². The van der Waals surface area contributed by atoms with Crippen molar-refractivity contribution >= 4 is 23.3 Å². The minimum absolute atomic E-state index is 0.327. The molecule has 3 rings (SSSR count). The zero-order valence-corrected chi connectivity index (χ0v) is 14.4. The van der Waals surface area contributed by atoms with Crippen LogP contribution in [0, 0.1) is 6.92 Å². The maximum absolute atomic E-state index is 12.3. The lowest BCUT2D eigenvalue weighted by molar-refractivity contribution is -0.122. The molecule has 0 saturated carbocycles. The van der Waals surface area contributed by atoms with Crippen LogP contribution in [0.5, 0.6) is 5.75 Å². The fourth-order valence-electron chi connectivity index (χ4n) is 2.19. The number of ether oxygens (including phenoxy) is 1. The molecular weight excluding hydrogens is 342 g/mol. The van der Waals surface area contributed by atoms with Crippen LogP contribution < -0.4 is 10.1 Å². The molecule has 0 aliphatic rings. The third-order valence-corrected chi connectivity index (χ3v) is 3.69. The average Bonchev–Trinajstić information content (AvgIpc) is 3.01. The number of carbonyl (C=O) groups excluding carboxylic acids is 1. The van der Waals surface area contributed by atoms with Gasteiger partial charge in [-0.15, -0.1) is 0 Å². The Morgan fingerprint density at radius 1 is 1.28 bits per heavy atom.